The molecule has 1 unspecified atom stereocenters. The number of aliphatic hydroxyl groups excluding tert-OH is 1. The third-order valence-corrected chi connectivity index (χ3v) is 4.22. The quantitative estimate of drug-likeness (QED) is 0.869. The Balaban J connectivity index is 1.90. The van der Waals surface area contributed by atoms with Gasteiger partial charge in [-0.25, -0.2) is 4.79 Å². The van der Waals surface area contributed by atoms with Crippen molar-refractivity contribution < 1.29 is 9.90 Å². The molecule has 1 atom stereocenters. The number of hydrogen-bond acceptors (Lipinski definition) is 3. The summed E-state index contributed by atoms with van der Waals surface area (Å²) < 4.78 is 1.80. The summed E-state index contributed by atoms with van der Waals surface area (Å²) in [7, 11) is 1.89. The molecule has 0 saturated carbocycles. The highest BCUT2D eigenvalue weighted by Gasteiger charge is 2.32. The molecule has 2 N–H and O–H groups in total. The number of urea groups is 1. The number of aryl methyl sites for hydroxylation is 1. The molecule has 1 fully saturated rings. The SMILES string of the molecule is Cc1c(CNC(=O)N2CCCC(C)(CO)C2)cnn1C. The second-order valence-corrected chi connectivity index (χ2v) is 6.03. The van der Waals surface area contributed by atoms with E-state index in [4.69, 9.17) is 0 Å². The molecule has 1 aliphatic heterocycles. The fourth-order valence-corrected chi connectivity index (χ4v) is 2.62. The van der Waals surface area contributed by atoms with Gasteiger partial charge in [-0.05, 0) is 19.8 Å². The van der Waals surface area contributed by atoms with Gasteiger partial charge in [0.2, 0.25) is 0 Å². The van der Waals surface area contributed by atoms with Crippen molar-refractivity contribution in [1.82, 2.24) is 20.0 Å². The Morgan fingerprint density at radius 2 is 2.35 bits per heavy atom. The lowest BCUT2D eigenvalue weighted by Crippen LogP contribution is -2.49. The lowest BCUT2D eigenvalue weighted by Gasteiger charge is -2.39. The fraction of sp³-hybridized carbons (Fsp3) is 0.714. The molecule has 6 heteroatoms. The van der Waals surface area contributed by atoms with Crippen molar-refractivity contribution in [3.8, 4) is 0 Å². The summed E-state index contributed by atoms with van der Waals surface area (Å²) in [6.45, 7) is 5.99. The first kappa shape index (κ1) is 14.8. The normalized spacial score (nSPS) is 22.9. The van der Waals surface area contributed by atoms with Crippen molar-refractivity contribution in [1.29, 1.82) is 0 Å². The number of likely N-dealkylation sites (tertiary alicyclic amines) is 1. The third kappa shape index (κ3) is 3.12. The molecule has 2 rings (SSSR count). The zero-order valence-corrected chi connectivity index (χ0v) is 12.5. The number of nitrogens with zero attached hydrogens (tertiary/aromatic N) is 3. The maximum absolute atomic E-state index is 12.2. The maximum atomic E-state index is 12.2. The minimum Gasteiger partial charge on any atom is -0.396 e. The molecule has 2 amide bonds. The molecule has 1 saturated heterocycles. The second-order valence-electron chi connectivity index (χ2n) is 6.03. The molecule has 20 heavy (non-hydrogen) atoms. The molecule has 6 nitrogen and oxygen atoms in total. The number of carbonyl (C=O) groups excluding carboxylic acids is 1. The molecule has 0 spiro atoms. The van der Waals surface area contributed by atoms with E-state index < -0.39 is 0 Å². The highest BCUT2D eigenvalue weighted by molar-refractivity contribution is 5.74. The van der Waals surface area contributed by atoms with Crippen LogP contribution in [0.25, 0.3) is 0 Å². The molecular formula is C14H24N4O2. The number of aromatic nitrogens is 2. The molecule has 0 bridgehead atoms. The first-order valence-electron chi connectivity index (χ1n) is 7.06. The molecule has 1 aromatic rings. The lowest BCUT2D eigenvalue weighted by atomic mass is 9.83. The zero-order valence-electron chi connectivity index (χ0n) is 12.5. The predicted octanol–water partition coefficient (Wildman–Crippen LogP) is 1.03. The largest absolute Gasteiger partial charge is 0.396 e. The number of amides is 2. The number of aliphatic hydroxyl groups is 1. The van der Waals surface area contributed by atoms with Gasteiger partial charge in [0.05, 0.1) is 12.8 Å². The van der Waals surface area contributed by atoms with Gasteiger partial charge < -0.3 is 15.3 Å². The summed E-state index contributed by atoms with van der Waals surface area (Å²) in [5.74, 6) is 0. The van der Waals surface area contributed by atoms with E-state index in [2.05, 4.69) is 10.4 Å². The summed E-state index contributed by atoms with van der Waals surface area (Å²) in [6, 6.07) is -0.0624. The predicted molar refractivity (Wildman–Crippen MR) is 76.2 cm³/mol. The van der Waals surface area contributed by atoms with E-state index in [1.807, 2.05) is 20.9 Å². The topological polar surface area (TPSA) is 70.4 Å². The standard InChI is InChI=1S/C14H24N4O2/c1-11-12(8-16-17(11)3)7-15-13(20)18-6-4-5-14(2,9-18)10-19/h8,19H,4-7,9-10H2,1-3H3,(H,15,20). The van der Waals surface area contributed by atoms with Crippen LogP contribution in [-0.2, 0) is 13.6 Å². The van der Waals surface area contributed by atoms with Gasteiger partial charge >= 0.3 is 6.03 Å². The number of carbonyl (C=O) groups is 1. The van der Waals surface area contributed by atoms with Gasteiger partial charge in [-0.1, -0.05) is 6.92 Å². The monoisotopic (exact) mass is 280 g/mol. The molecular weight excluding hydrogens is 256 g/mol. The average molecular weight is 280 g/mol. The molecule has 0 aromatic carbocycles. The van der Waals surface area contributed by atoms with E-state index in [-0.39, 0.29) is 18.1 Å². The van der Waals surface area contributed by atoms with E-state index in [1.54, 1.807) is 15.8 Å². The zero-order chi connectivity index (χ0) is 14.8. The molecule has 2 heterocycles. The van der Waals surface area contributed by atoms with Crippen LogP contribution >= 0.6 is 0 Å². The van der Waals surface area contributed by atoms with Crippen LogP contribution in [0, 0.1) is 12.3 Å². The Hall–Kier alpha value is -1.56. The van der Waals surface area contributed by atoms with Crippen LogP contribution < -0.4 is 5.32 Å². The van der Waals surface area contributed by atoms with E-state index in [1.165, 1.54) is 0 Å². The van der Waals surface area contributed by atoms with Gasteiger partial charge in [-0.15, -0.1) is 0 Å². The summed E-state index contributed by atoms with van der Waals surface area (Å²) >= 11 is 0. The Morgan fingerprint density at radius 3 is 2.95 bits per heavy atom. The van der Waals surface area contributed by atoms with E-state index in [0.29, 0.717) is 13.1 Å². The van der Waals surface area contributed by atoms with Crippen molar-refractivity contribution in [3.05, 3.63) is 17.5 Å². The fourth-order valence-electron chi connectivity index (χ4n) is 2.62. The van der Waals surface area contributed by atoms with Gasteiger partial charge in [0.25, 0.3) is 0 Å². The second kappa shape index (κ2) is 5.83. The van der Waals surface area contributed by atoms with Crippen LogP contribution in [0.3, 0.4) is 0 Å². The first-order valence-corrected chi connectivity index (χ1v) is 7.06. The van der Waals surface area contributed by atoms with Gasteiger partial charge in [0, 0.05) is 43.4 Å². The number of hydrogen-bond donors (Lipinski definition) is 2. The van der Waals surface area contributed by atoms with Gasteiger partial charge in [0.15, 0.2) is 0 Å². The number of piperidine rings is 1. The smallest absolute Gasteiger partial charge is 0.317 e. The molecule has 112 valence electrons. The summed E-state index contributed by atoms with van der Waals surface area (Å²) in [6.07, 6.45) is 3.69. The van der Waals surface area contributed by atoms with Crippen molar-refractivity contribution in [2.24, 2.45) is 12.5 Å². The minimum absolute atomic E-state index is 0.0624. The maximum Gasteiger partial charge on any atom is 0.317 e. The van der Waals surface area contributed by atoms with Crippen molar-refractivity contribution in [2.45, 2.75) is 33.2 Å². The highest BCUT2D eigenvalue weighted by Crippen LogP contribution is 2.28. The molecule has 1 aliphatic rings. The summed E-state index contributed by atoms with van der Waals surface area (Å²) in [5, 5.41) is 16.5. The molecule has 1 aromatic heterocycles. The van der Waals surface area contributed by atoms with Crippen molar-refractivity contribution in [2.75, 3.05) is 19.7 Å². The average Bonchev–Trinajstić information content (AvgIpc) is 2.76. The van der Waals surface area contributed by atoms with E-state index >= 15 is 0 Å². The molecule has 0 radical (unpaired) electrons. The van der Waals surface area contributed by atoms with Crippen LogP contribution in [0.15, 0.2) is 6.20 Å². The van der Waals surface area contributed by atoms with E-state index in [0.717, 1.165) is 30.6 Å². The van der Waals surface area contributed by atoms with E-state index in [9.17, 15) is 9.90 Å². The summed E-state index contributed by atoms with van der Waals surface area (Å²) in [4.78, 5) is 14.0. The van der Waals surface area contributed by atoms with Gasteiger partial charge in [-0.3, -0.25) is 4.68 Å². The van der Waals surface area contributed by atoms with Crippen LogP contribution in [0.4, 0.5) is 4.79 Å². The molecule has 0 aliphatic carbocycles. The van der Waals surface area contributed by atoms with Crippen LogP contribution in [-0.4, -0.2) is 45.5 Å². The Morgan fingerprint density at radius 1 is 1.60 bits per heavy atom. The lowest BCUT2D eigenvalue weighted by molar-refractivity contribution is 0.0614. The van der Waals surface area contributed by atoms with Crippen LogP contribution in [0.5, 0.6) is 0 Å². The first-order chi connectivity index (χ1) is 9.45. The minimum atomic E-state index is -0.167. The van der Waals surface area contributed by atoms with Crippen LogP contribution in [0.1, 0.15) is 31.0 Å². The summed E-state index contributed by atoms with van der Waals surface area (Å²) in [5.41, 5.74) is 1.92. The van der Waals surface area contributed by atoms with Gasteiger partial charge in [0.1, 0.15) is 0 Å². The third-order valence-electron chi connectivity index (χ3n) is 4.22. The van der Waals surface area contributed by atoms with Crippen molar-refractivity contribution >= 4 is 6.03 Å². The number of rotatable bonds is 3. The highest BCUT2D eigenvalue weighted by atomic mass is 16.3. The Labute approximate surface area is 119 Å². The van der Waals surface area contributed by atoms with Crippen LogP contribution in [0.2, 0.25) is 0 Å². The Kier molecular flexibility index (Phi) is 4.32. The van der Waals surface area contributed by atoms with Crippen molar-refractivity contribution in [3.63, 3.8) is 0 Å². The Bertz CT molecular complexity index is 486. The number of nitrogens with one attached hydrogen (secondary N) is 1. The van der Waals surface area contributed by atoms with Gasteiger partial charge in [-0.2, -0.15) is 5.10 Å².